The van der Waals surface area contributed by atoms with Crippen LogP contribution >= 0.6 is 0 Å². The molecule has 1 aromatic carbocycles. The average Bonchev–Trinajstić information content (AvgIpc) is 3.05. The number of nitrogens with one attached hydrogen (secondary N) is 1. The van der Waals surface area contributed by atoms with Gasteiger partial charge in [-0.25, -0.2) is 13.1 Å². The molecule has 5 nitrogen and oxygen atoms in total. The van der Waals surface area contributed by atoms with Gasteiger partial charge in [0.1, 0.15) is 0 Å². The number of benzene rings is 1. The molecule has 0 unspecified atom stereocenters. The topological polar surface area (TPSA) is 66.5 Å². The number of carbonyl (C=O) groups is 1. The minimum atomic E-state index is -3.22. The Morgan fingerprint density at radius 2 is 2.12 bits per heavy atom. The number of amides is 1. The predicted molar refractivity (Wildman–Crippen MR) is 92.1 cm³/mol. The summed E-state index contributed by atoms with van der Waals surface area (Å²) in [5, 5.41) is 0. The van der Waals surface area contributed by atoms with Crippen LogP contribution < -0.4 is 4.72 Å². The third-order valence-electron chi connectivity index (χ3n) is 5.88. The second-order valence-corrected chi connectivity index (χ2v) is 9.36. The van der Waals surface area contributed by atoms with Crippen LogP contribution in [-0.2, 0) is 26.7 Å². The molecule has 130 valence electrons. The van der Waals surface area contributed by atoms with E-state index >= 15 is 0 Å². The molecule has 4 rings (SSSR count). The minimum absolute atomic E-state index is 0.0499. The fraction of sp³-hybridized carbons (Fsp3) is 0.611. The van der Waals surface area contributed by atoms with Gasteiger partial charge in [0.2, 0.25) is 15.9 Å². The van der Waals surface area contributed by atoms with E-state index in [1.165, 1.54) is 17.4 Å². The van der Waals surface area contributed by atoms with Crippen LogP contribution in [0, 0.1) is 5.92 Å². The van der Waals surface area contributed by atoms with Crippen molar-refractivity contribution in [3.05, 3.63) is 35.4 Å². The van der Waals surface area contributed by atoms with Crippen LogP contribution in [0.15, 0.2) is 24.3 Å². The number of aryl methyl sites for hydroxylation is 1. The van der Waals surface area contributed by atoms with Crippen molar-refractivity contribution < 1.29 is 13.2 Å². The van der Waals surface area contributed by atoms with Crippen LogP contribution in [0.25, 0.3) is 0 Å². The molecule has 0 bridgehead atoms. The van der Waals surface area contributed by atoms with E-state index in [0.29, 0.717) is 19.5 Å². The molecule has 2 fully saturated rings. The molecule has 1 heterocycles. The second-order valence-electron chi connectivity index (χ2n) is 7.58. The number of hydrogen-bond donors (Lipinski definition) is 1. The van der Waals surface area contributed by atoms with Gasteiger partial charge in [-0.05, 0) is 43.2 Å². The number of sulfonamides is 1. The maximum atomic E-state index is 13.0. The van der Waals surface area contributed by atoms with Gasteiger partial charge >= 0.3 is 0 Å². The number of nitrogens with zero attached hydrogens (tertiary/aromatic N) is 1. The summed E-state index contributed by atoms with van der Waals surface area (Å²) in [6, 6.07) is 8.40. The van der Waals surface area contributed by atoms with E-state index in [1.54, 1.807) is 0 Å². The number of carbonyl (C=O) groups excluding carboxylic acids is 1. The highest BCUT2D eigenvalue weighted by Gasteiger charge is 2.61. The van der Waals surface area contributed by atoms with E-state index in [2.05, 4.69) is 29.0 Å². The Bertz CT molecular complexity index is 776. The zero-order valence-electron chi connectivity index (χ0n) is 14.0. The predicted octanol–water partition coefficient (Wildman–Crippen LogP) is 1.43. The van der Waals surface area contributed by atoms with Gasteiger partial charge < -0.3 is 4.90 Å². The Hall–Kier alpha value is -1.40. The lowest BCUT2D eigenvalue weighted by Gasteiger charge is -2.27. The highest BCUT2D eigenvalue weighted by atomic mass is 32.2. The van der Waals surface area contributed by atoms with Crippen LogP contribution in [0.4, 0.5) is 0 Å². The monoisotopic (exact) mass is 348 g/mol. The Balaban J connectivity index is 1.47. The summed E-state index contributed by atoms with van der Waals surface area (Å²) < 4.78 is 25.4. The normalized spacial score (nSPS) is 32.0. The van der Waals surface area contributed by atoms with Gasteiger partial charge in [0.25, 0.3) is 0 Å². The molecule has 1 amide bonds. The van der Waals surface area contributed by atoms with Gasteiger partial charge in [0, 0.05) is 30.5 Å². The Morgan fingerprint density at radius 1 is 1.33 bits per heavy atom. The van der Waals surface area contributed by atoms with E-state index in [9.17, 15) is 13.2 Å². The first-order chi connectivity index (χ1) is 11.4. The molecule has 1 spiro atoms. The first kappa shape index (κ1) is 16.1. The van der Waals surface area contributed by atoms with Crippen molar-refractivity contribution in [2.45, 2.75) is 43.6 Å². The maximum absolute atomic E-state index is 13.0. The van der Waals surface area contributed by atoms with Gasteiger partial charge in [-0.2, -0.15) is 0 Å². The SMILES string of the molecule is CS(=O)(=O)N[C@@H]1CCN(C(=O)[C@@H]2C[C@]23CCCc2ccccc23)C1. The summed E-state index contributed by atoms with van der Waals surface area (Å²) in [5.41, 5.74) is 2.82. The zero-order chi connectivity index (χ0) is 16.9. The number of rotatable bonds is 3. The lowest BCUT2D eigenvalue weighted by atomic mass is 9.78. The number of fused-ring (bicyclic) bond motifs is 2. The van der Waals surface area contributed by atoms with Crippen LogP contribution in [0.1, 0.15) is 36.8 Å². The molecule has 1 N–H and O–H groups in total. The van der Waals surface area contributed by atoms with E-state index < -0.39 is 10.0 Å². The van der Waals surface area contributed by atoms with Crippen LogP contribution in [0.5, 0.6) is 0 Å². The van der Waals surface area contributed by atoms with Gasteiger partial charge in [-0.15, -0.1) is 0 Å². The molecule has 0 radical (unpaired) electrons. The lowest BCUT2D eigenvalue weighted by molar-refractivity contribution is -0.132. The quantitative estimate of drug-likeness (QED) is 0.899. The zero-order valence-corrected chi connectivity index (χ0v) is 14.8. The van der Waals surface area contributed by atoms with Crippen molar-refractivity contribution in [3.8, 4) is 0 Å². The maximum Gasteiger partial charge on any atom is 0.226 e. The summed E-state index contributed by atoms with van der Waals surface area (Å²) in [7, 11) is -3.22. The van der Waals surface area contributed by atoms with Crippen LogP contribution in [-0.4, -0.2) is 44.6 Å². The molecule has 1 saturated carbocycles. The number of hydrogen-bond acceptors (Lipinski definition) is 3. The molecule has 1 saturated heterocycles. The Kier molecular flexibility index (Phi) is 3.73. The van der Waals surface area contributed by atoms with Gasteiger partial charge in [-0.1, -0.05) is 24.3 Å². The van der Waals surface area contributed by atoms with E-state index in [1.807, 2.05) is 4.90 Å². The standard InChI is InChI=1S/C18H24N2O3S/c1-24(22,23)19-14-8-10-20(12-14)17(21)16-11-18(16)9-4-6-13-5-2-3-7-15(13)18/h2-3,5,7,14,16,19H,4,6,8-12H2,1H3/t14-,16+,18+/m1/s1. The van der Waals surface area contributed by atoms with E-state index in [-0.39, 0.29) is 23.3 Å². The lowest BCUT2D eigenvalue weighted by Crippen LogP contribution is -2.39. The first-order valence-corrected chi connectivity index (χ1v) is 10.6. The molecular weight excluding hydrogens is 324 g/mol. The largest absolute Gasteiger partial charge is 0.341 e. The first-order valence-electron chi connectivity index (χ1n) is 8.73. The summed E-state index contributed by atoms with van der Waals surface area (Å²) in [5.74, 6) is 0.292. The third kappa shape index (κ3) is 2.75. The highest BCUT2D eigenvalue weighted by molar-refractivity contribution is 7.88. The van der Waals surface area contributed by atoms with E-state index in [0.717, 1.165) is 25.7 Å². The average molecular weight is 348 g/mol. The summed E-state index contributed by atoms with van der Waals surface area (Å²) >= 11 is 0. The molecule has 3 aliphatic rings. The van der Waals surface area contributed by atoms with Crippen molar-refractivity contribution in [2.24, 2.45) is 5.92 Å². The fourth-order valence-electron chi connectivity index (χ4n) is 4.74. The van der Waals surface area contributed by atoms with Gasteiger partial charge in [0.15, 0.2) is 0 Å². The minimum Gasteiger partial charge on any atom is -0.341 e. The smallest absolute Gasteiger partial charge is 0.226 e. The summed E-state index contributed by atoms with van der Waals surface area (Å²) in [6.07, 6.45) is 6.19. The molecule has 2 aliphatic carbocycles. The van der Waals surface area contributed by atoms with E-state index in [4.69, 9.17) is 0 Å². The number of likely N-dealkylation sites (tertiary alicyclic amines) is 1. The Labute approximate surface area is 143 Å². The third-order valence-corrected chi connectivity index (χ3v) is 6.64. The second kappa shape index (κ2) is 5.56. The Morgan fingerprint density at radius 3 is 2.92 bits per heavy atom. The van der Waals surface area contributed by atoms with Gasteiger partial charge in [-0.3, -0.25) is 4.79 Å². The summed E-state index contributed by atoms with van der Waals surface area (Å²) in [4.78, 5) is 14.8. The molecule has 1 aliphatic heterocycles. The molecule has 3 atom stereocenters. The highest BCUT2D eigenvalue weighted by Crippen LogP contribution is 2.60. The molecule has 0 aromatic heterocycles. The van der Waals surface area contributed by atoms with Crippen LogP contribution in [0.2, 0.25) is 0 Å². The molecule has 6 heteroatoms. The van der Waals surface area contributed by atoms with Crippen molar-refractivity contribution >= 4 is 15.9 Å². The molecular formula is C18H24N2O3S. The van der Waals surface area contributed by atoms with Crippen LogP contribution in [0.3, 0.4) is 0 Å². The summed E-state index contributed by atoms with van der Waals surface area (Å²) in [6.45, 7) is 1.15. The van der Waals surface area contributed by atoms with Crippen molar-refractivity contribution in [2.75, 3.05) is 19.3 Å². The molecule has 24 heavy (non-hydrogen) atoms. The fourth-order valence-corrected chi connectivity index (χ4v) is 5.53. The molecule has 1 aromatic rings. The van der Waals surface area contributed by atoms with Gasteiger partial charge in [0.05, 0.1) is 6.26 Å². The van der Waals surface area contributed by atoms with Crippen molar-refractivity contribution in [1.82, 2.24) is 9.62 Å². The van der Waals surface area contributed by atoms with Crippen molar-refractivity contribution in [1.29, 1.82) is 0 Å². The van der Waals surface area contributed by atoms with Crippen molar-refractivity contribution in [3.63, 3.8) is 0 Å².